The van der Waals surface area contributed by atoms with Crippen molar-refractivity contribution in [3.05, 3.63) is 71.8 Å². The van der Waals surface area contributed by atoms with E-state index in [0.717, 1.165) is 6.54 Å². The molecule has 1 saturated heterocycles. The van der Waals surface area contributed by atoms with E-state index in [1.807, 2.05) is 12.1 Å². The minimum absolute atomic E-state index is 0.0278. The highest BCUT2D eigenvalue weighted by atomic mass is 16.5. The van der Waals surface area contributed by atoms with E-state index in [2.05, 4.69) is 60.4 Å². The summed E-state index contributed by atoms with van der Waals surface area (Å²) in [5, 5.41) is 0. The third kappa shape index (κ3) is 2.64. The van der Waals surface area contributed by atoms with Crippen molar-refractivity contribution in [3.8, 4) is 0 Å². The standard InChI is InChI=1S/C19H21NO2/c1-14-17(19(21)22-2)13-20(14)18(15-9-5-3-6-10-15)16-11-7-4-8-12-16/h3-12,14,17-18H,13H2,1-2H3/t14-,17+/m0/s1. The third-order valence-electron chi connectivity index (χ3n) is 4.58. The van der Waals surface area contributed by atoms with E-state index < -0.39 is 0 Å². The molecule has 3 nitrogen and oxygen atoms in total. The first-order valence-electron chi connectivity index (χ1n) is 7.66. The summed E-state index contributed by atoms with van der Waals surface area (Å²) in [6.45, 7) is 2.84. The van der Waals surface area contributed by atoms with Crippen molar-refractivity contribution in [1.82, 2.24) is 4.90 Å². The third-order valence-corrected chi connectivity index (χ3v) is 4.58. The predicted octanol–water partition coefficient (Wildman–Crippen LogP) is 3.27. The maximum atomic E-state index is 11.8. The number of rotatable bonds is 4. The van der Waals surface area contributed by atoms with Gasteiger partial charge in [0.25, 0.3) is 0 Å². The fourth-order valence-corrected chi connectivity index (χ4v) is 3.25. The van der Waals surface area contributed by atoms with Crippen molar-refractivity contribution >= 4 is 5.97 Å². The number of hydrogen-bond acceptors (Lipinski definition) is 3. The Morgan fingerprint density at radius 2 is 1.55 bits per heavy atom. The maximum absolute atomic E-state index is 11.8. The Hall–Kier alpha value is -2.13. The number of esters is 1. The number of nitrogens with zero attached hydrogens (tertiary/aromatic N) is 1. The molecule has 1 aliphatic heterocycles. The molecule has 114 valence electrons. The molecule has 1 fully saturated rings. The minimum atomic E-state index is -0.108. The summed E-state index contributed by atoms with van der Waals surface area (Å²) in [6, 6.07) is 21.3. The van der Waals surface area contributed by atoms with Crippen LogP contribution in [0.3, 0.4) is 0 Å². The zero-order valence-corrected chi connectivity index (χ0v) is 13.0. The van der Waals surface area contributed by atoms with Crippen LogP contribution in [-0.2, 0) is 9.53 Å². The lowest BCUT2D eigenvalue weighted by atomic mass is 9.84. The molecule has 1 aliphatic rings. The van der Waals surface area contributed by atoms with Gasteiger partial charge in [0.05, 0.1) is 19.1 Å². The van der Waals surface area contributed by atoms with Crippen LogP contribution in [0.1, 0.15) is 24.1 Å². The lowest BCUT2D eigenvalue weighted by Gasteiger charge is -2.49. The topological polar surface area (TPSA) is 29.5 Å². The first-order chi connectivity index (χ1) is 10.7. The van der Waals surface area contributed by atoms with Crippen molar-refractivity contribution in [2.45, 2.75) is 19.0 Å². The molecule has 2 aromatic carbocycles. The highest BCUT2D eigenvalue weighted by Gasteiger charge is 2.45. The molecule has 0 unspecified atom stereocenters. The number of methoxy groups -OCH3 is 1. The number of carbonyl (C=O) groups is 1. The van der Waals surface area contributed by atoms with Gasteiger partial charge in [-0.3, -0.25) is 9.69 Å². The van der Waals surface area contributed by atoms with E-state index in [9.17, 15) is 4.79 Å². The van der Waals surface area contributed by atoms with E-state index in [1.54, 1.807) is 0 Å². The van der Waals surface area contributed by atoms with Gasteiger partial charge in [0.1, 0.15) is 0 Å². The van der Waals surface area contributed by atoms with E-state index in [0.29, 0.717) is 0 Å². The molecule has 22 heavy (non-hydrogen) atoms. The van der Waals surface area contributed by atoms with Gasteiger partial charge in [-0.25, -0.2) is 0 Å². The van der Waals surface area contributed by atoms with Crippen LogP contribution in [0.2, 0.25) is 0 Å². The molecule has 0 aliphatic carbocycles. The Balaban J connectivity index is 1.90. The molecule has 3 heteroatoms. The van der Waals surface area contributed by atoms with Gasteiger partial charge in [0.2, 0.25) is 0 Å². The summed E-state index contributed by atoms with van der Waals surface area (Å²) in [5.74, 6) is -0.136. The van der Waals surface area contributed by atoms with Crippen LogP contribution >= 0.6 is 0 Å². The van der Waals surface area contributed by atoms with Crippen LogP contribution < -0.4 is 0 Å². The summed E-state index contributed by atoms with van der Waals surface area (Å²) in [4.78, 5) is 14.2. The fourth-order valence-electron chi connectivity index (χ4n) is 3.25. The first-order valence-corrected chi connectivity index (χ1v) is 7.66. The second-order valence-electron chi connectivity index (χ2n) is 5.79. The minimum Gasteiger partial charge on any atom is -0.469 e. The number of likely N-dealkylation sites (tertiary alicyclic amines) is 1. The quantitative estimate of drug-likeness (QED) is 0.811. The smallest absolute Gasteiger partial charge is 0.311 e. The molecule has 0 aromatic heterocycles. The molecule has 0 radical (unpaired) electrons. The lowest BCUT2D eigenvalue weighted by molar-refractivity contribution is -0.157. The zero-order chi connectivity index (χ0) is 15.5. The monoisotopic (exact) mass is 295 g/mol. The molecule has 3 rings (SSSR count). The largest absolute Gasteiger partial charge is 0.469 e. The zero-order valence-electron chi connectivity index (χ0n) is 13.0. The van der Waals surface area contributed by atoms with E-state index in [1.165, 1.54) is 18.2 Å². The van der Waals surface area contributed by atoms with Crippen LogP contribution in [0.4, 0.5) is 0 Å². The van der Waals surface area contributed by atoms with Gasteiger partial charge in [0, 0.05) is 12.6 Å². The Morgan fingerprint density at radius 3 is 1.95 bits per heavy atom. The van der Waals surface area contributed by atoms with Crippen LogP contribution in [0.15, 0.2) is 60.7 Å². The van der Waals surface area contributed by atoms with Crippen LogP contribution in [0, 0.1) is 5.92 Å². The molecule has 0 spiro atoms. The molecule has 1 heterocycles. The predicted molar refractivity (Wildman–Crippen MR) is 86.4 cm³/mol. The van der Waals surface area contributed by atoms with Crippen LogP contribution in [-0.4, -0.2) is 30.6 Å². The SMILES string of the molecule is COC(=O)[C@@H]1CN(C(c2ccccc2)c2ccccc2)[C@H]1C. The average molecular weight is 295 g/mol. The summed E-state index contributed by atoms with van der Waals surface area (Å²) < 4.78 is 4.90. The molecule has 0 saturated carbocycles. The van der Waals surface area contributed by atoms with Crippen molar-refractivity contribution in [1.29, 1.82) is 0 Å². The molecule has 0 amide bonds. The van der Waals surface area contributed by atoms with Crippen molar-refractivity contribution in [3.63, 3.8) is 0 Å². The summed E-state index contributed by atoms with van der Waals surface area (Å²) in [6.07, 6.45) is 0. The van der Waals surface area contributed by atoms with Gasteiger partial charge in [-0.15, -0.1) is 0 Å². The molecule has 2 aromatic rings. The van der Waals surface area contributed by atoms with Gasteiger partial charge in [0.15, 0.2) is 0 Å². The second-order valence-corrected chi connectivity index (χ2v) is 5.79. The molecular formula is C19H21NO2. The Morgan fingerprint density at radius 1 is 1.05 bits per heavy atom. The van der Waals surface area contributed by atoms with E-state index >= 15 is 0 Å². The lowest BCUT2D eigenvalue weighted by Crippen LogP contribution is -2.59. The number of benzene rings is 2. The van der Waals surface area contributed by atoms with Crippen molar-refractivity contribution in [2.24, 2.45) is 5.92 Å². The first kappa shape index (κ1) is 14.8. The molecule has 0 bridgehead atoms. The molecule has 0 N–H and O–H groups in total. The van der Waals surface area contributed by atoms with Gasteiger partial charge in [-0.05, 0) is 18.1 Å². The molecular weight excluding hydrogens is 274 g/mol. The fraction of sp³-hybridized carbons (Fsp3) is 0.316. The van der Waals surface area contributed by atoms with Crippen molar-refractivity contribution in [2.75, 3.05) is 13.7 Å². The summed E-state index contributed by atoms with van der Waals surface area (Å²) in [7, 11) is 1.46. The summed E-state index contributed by atoms with van der Waals surface area (Å²) >= 11 is 0. The number of carbonyl (C=O) groups excluding carboxylic acids is 1. The van der Waals surface area contributed by atoms with Gasteiger partial charge in [-0.1, -0.05) is 60.7 Å². The van der Waals surface area contributed by atoms with E-state index in [-0.39, 0.29) is 24.0 Å². The summed E-state index contributed by atoms with van der Waals surface area (Å²) in [5.41, 5.74) is 2.51. The normalized spacial score (nSPS) is 21.4. The van der Waals surface area contributed by atoms with Crippen LogP contribution in [0.25, 0.3) is 0 Å². The molecule has 2 atom stereocenters. The van der Waals surface area contributed by atoms with Crippen molar-refractivity contribution < 1.29 is 9.53 Å². The van der Waals surface area contributed by atoms with Gasteiger partial charge >= 0.3 is 5.97 Å². The second kappa shape index (κ2) is 6.32. The Bertz CT molecular complexity index is 587. The van der Waals surface area contributed by atoms with Gasteiger partial charge in [-0.2, -0.15) is 0 Å². The number of hydrogen-bond donors (Lipinski definition) is 0. The van der Waals surface area contributed by atoms with Gasteiger partial charge < -0.3 is 4.74 Å². The highest BCUT2D eigenvalue weighted by Crippen LogP contribution is 2.38. The Kier molecular flexibility index (Phi) is 4.25. The number of ether oxygens (including phenoxy) is 1. The average Bonchev–Trinajstić information content (AvgIpc) is 2.58. The highest BCUT2D eigenvalue weighted by molar-refractivity contribution is 5.74. The van der Waals surface area contributed by atoms with E-state index in [4.69, 9.17) is 4.74 Å². The maximum Gasteiger partial charge on any atom is 0.311 e. The Labute approximate surface area is 131 Å². The van der Waals surface area contributed by atoms with Crippen LogP contribution in [0.5, 0.6) is 0 Å².